The van der Waals surface area contributed by atoms with Crippen molar-refractivity contribution in [2.45, 2.75) is 44.1 Å². The number of rotatable bonds is 3. The van der Waals surface area contributed by atoms with Crippen LogP contribution in [0.4, 0.5) is 0 Å². The van der Waals surface area contributed by atoms with Crippen LogP contribution in [0, 0.1) is 10.8 Å². The topological polar surface area (TPSA) is 40.5 Å². The van der Waals surface area contributed by atoms with Crippen LogP contribution in [0.25, 0.3) is 0 Å². The average molecular weight is 168 g/mol. The molecule has 0 aromatic rings. The largest absolute Gasteiger partial charge is 0.396 e. The summed E-state index contributed by atoms with van der Waals surface area (Å²) in [4.78, 5) is 0. The second kappa shape index (κ2) is 1.73. The minimum absolute atomic E-state index is 0.151. The van der Waals surface area contributed by atoms with Gasteiger partial charge in [0, 0.05) is 17.4 Å². The Hall–Kier alpha value is -0.0800. The van der Waals surface area contributed by atoms with Crippen molar-refractivity contribution in [3.05, 3.63) is 0 Å². The summed E-state index contributed by atoms with van der Waals surface area (Å²) in [6.07, 6.45) is 6.56. The van der Waals surface area contributed by atoms with Gasteiger partial charge in [0.2, 0.25) is 0 Å². The molecule has 0 heterocycles. The Bertz CT molecular complexity index is 222. The van der Waals surface area contributed by atoms with Gasteiger partial charge in [-0.15, -0.1) is 0 Å². The fourth-order valence-corrected chi connectivity index (χ4v) is 3.15. The molecule has 0 unspecified atom stereocenters. The minimum Gasteiger partial charge on any atom is -0.396 e. The predicted octanol–water partition coefficient (Wildman–Crippen LogP) is 1.06. The third-order valence-electron chi connectivity index (χ3n) is 4.54. The highest BCUT2D eigenvalue weighted by atomic mass is 16.3. The van der Waals surface area contributed by atoms with Crippen molar-refractivity contribution in [2.24, 2.45) is 10.8 Å². The van der Waals surface area contributed by atoms with Crippen LogP contribution in [0.1, 0.15) is 38.5 Å². The molecule has 3 aliphatic rings. The zero-order chi connectivity index (χ0) is 8.45. The maximum absolute atomic E-state index is 10.1. The predicted molar refractivity (Wildman–Crippen MR) is 44.6 cm³/mol. The SMILES string of the molecule is OCC1(C2(C3(O)CC3)CC2)CC1. The van der Waals surface area contributed by atoms with Gasteiger partial charge in [0.1, 0.15) is 0 Å². The fraction of sp³-hybridized carbons (Fsp3) is 1.00. The summed E-state index contributed by atoms with van der Waals surface area (Å²) in [5, 5.41) is 19.4. The Morgan fingerprint density at radius 2 is 1.50 bits per heavy atom. The smallest absolute Gasteiger partial charge is 0.0712 e. The zero-order valence-corrected chi connectivity index (χ0v) is 7.34. The molecule has 0 amide bonds. The second-order valence-corrected chi connectivity index (χ2v) is 5.05. The van der Waals surface area contributed by atoms with Gasteiger partial charge in [0.15, 0.2) is 0 Å². The lowest BCUT2D eigenvalue weighted by atomic mass is 9.79. The van der Waals surface area contributed by atoms with E-state index in [1.807, 2.05) is 0 Å². The first-order chi connectivity index (χ1) is 5.68. The first-order valence-corrected chi connectivity index (χ1v) is 5.01. The van der Waals surface area contributed by atoms with E-state index in [1.165, 1.54) is 0 Å². The molecule has 0 aliphatic heterocycles. The van der Waals surface area contributed by atoms with E-state index < -0.39 is 0 Å². The van der Waals surface area contributed by atoms with Crippen LogP contribution >= 0.6 is 0 Å². The molecule has 12 heavy (non-hydrogen) atoms. The van der Waals surface area contributed by atoms with Crippen molar-refractivity contribution in [3.63, 3.8) is 0 Å². The number of hydrogen-bond acceptors (Lipinski definition) is 2. The molecular formula is C10H16O2. The van der Waals surface area contributed by atoms with Gasteiger partial charge >= 0.3 is 0 Å². The molecule has 0 spiro atoms. The lowest BCUT2D eigenvalue weighted by Crippen LogP contribution is -2.35. The normalized spacial score (nSPS) is 37.5. The standard InChI is InChI=1S/C10H16O2/c11-7-8(1-2-8)9(3-4-9)10(12)5-6-10/h11-12H,1-7H2. The van der Waals surface area contributed by atoms with Crippen LogP contribution < -0.4 is 0 Å². The molecule has 3 rings (SSSR count). The Morgan fingerprint density at radius 1 is 0.917 bits per heavy atom. The Morgan fingerprint density at radius 3 is 1.75 bits per heavy atom. The van der Waals surface area contributed by atoms with E-state index >= 15 is 0 Å². The first-order valence-electron chi connectivity index (χ1n) is 5.01. The van der Waals surface area contributed by atoms with Crippen LogP contribution in [0.3, 0.4) is 0 Å². The number of aliphatic hydroxyl groups excluding tert-OH is 1. The molecule has 0 bridgehead atoms. The van der Waals surface area contributed by atoms with E-state index in [0.717, 1.165) is 38.5 Å². The number of hydrogen-bond donors (Lipinski definition) is 2. The van der Waals surface area contributed by atoms with Crippen molar-refractivity contribution in [1.82, 2.24) is 0 Å². The zero-order valence-electron chi connectivity index (χ0n) is 7.34. The molecule has 3 fully saturated rings. The molecule has 0 saturated heterocycles. The van der Waals surface area contributed by atoms with Crippen LogP contribution in [0.15, 0.2) is 0 Å². The van der Waals surface area contributed by atoms with Gasteiger partial charge in [-0.2, -0.15) is 0 Å². The van der Waals surface area contributed by atoms with Crippen LogP contribution in [-0.4, -0.2) is 22.4 Å². The molecule has 2 N–H and O–H groups in total. The second-order valence-electron chi connectivity index (χ2n) is 5.05. The van der Waals surface area contributed by atoms with E-state index in [9.17, 15) is 10.2 Å². The summed E-state index contributed by atoms with van der Waals surface area (Å²) in [5.41, 5.74) is -0.0424. The molecule has 2 heteroatoms. The van der Waals surface area contributed by atoms with E-state index in [4.69, 9.17) is 0 Å². The van der Waals surface area contributed by atoms with E-state index in [-0.39, 0.29) is 16.4 Å². The quantitative estimate of drug-likeness (QED) is 0.661. The maximum Gasteiger partial charge on any atom is 0.0712 e. The Labute approximate surface area is 72.6 Å². The van der Waals surface area contributed by atoms with Crippen molar-refractivity contribution < 1.29 is 10.2 Å². The van der Waals surface area contributed by atoms with Gasteiger partial charge in [0.25, 0.3) is 0 Å². The van der Waals surface area contributed by atoms with Gasteiger partial charge in [-0.05, 0) is 38.5 Å². The van der Waals surface area contributed by atoms with Gasteiger partial charge in [-0.3, -0.25) is 0 Å². The molecule has 0 aromatic heterocycles. The highest BCUT2D eigenvalue weighted by Gasteiger charge is 2.76. The molecule has 0 atom stereocenters. The summed E-state index contributed by atoms with van der Waals surface area (Å²) >= 11 is 0. The lowest BCUT2D eigenvalue weighted by molar-refractivity contribution is -0.00250. The highest BCUT2D eigenvalue weighted by Crippen LogP contribution is 2.78. The molecule has 68 valence electrons. The van der Waals surface area contributed by atoms with Crippen molar-refractivity contribution in [2.75, 3.05) is 6.61 Å². The monoisotopic (exact) mass is 168 g/mol. The minimum atomic E-state index is -0.355. The van der Waals surface area contributed by atoms with Gasteiger partial charge in [-0.25, -0.2) is 0 Å². The van der Waals surface area contributed by atoms with Crippen LogP contribution in [0.2, 0.25) is 0 Å². The highest BCUT2D eigenvalue weighted by molar-refractivity contribution is 5.26. The molecule has 0 radical (unpaired) electrons. The van der Waals surface area contributed by atoms with Gasteiger partial charge < -0.3 is 10.2 Å². The maximum atomic E-state index is 10.1. The summed E-state index contributed by atoms with van der Waals surface area (Å²) in [5.74, 6) is 0. The Balaban J connectivity index is 1.91. The molecule has 2 nitrogen and oxygen atoms in total. The first kappa shape index (κ1) is 7.34. The summed E-state index contributed by atoms with van der Waals surface area (Å²) in [6, 6.07) is 0. The fourth-order valence-electron chi connectivity index (χ4n) is 3.15. The van der Waals surface area contributed by atoms with Crippen LogP contribution in [0.5, 0.6) is 0 Å². The lowest BCUT2D eigenvalue weighted by Gasteiger charge is -2.30. The third-order valence-corrected chi connectivity index (χ3v) is 4.54. The molecule has 3 saturated carbocycles. The summed E-state index contributed by atoms with van der Waals surface area (Å²) in [7, 11) is 0. The van der Waals surface area contributed by atoms with Crippen molar-refractivity contribution in [3.8, 4) is 0 Å². The van der Waals surface area contributed by atoms with Gasteiger partial charge in [0.05, 0.1) is 5.60 Å². The molecule has 0 aromatic carbocycles. The summed E-state index contributed by atoms with van der Waals surface area (Å²) < 4.78 is 0. The van der Waals surface area contributed by atoms with E-state index in [0.29, 0.717) is 6.61 Å². The molecular weight excluding hydrogens is 152 g/mol. The average Bonchev–Trinajstić information content (AvgIpc) is 2.90. The summed E-state index contributed by atoms with van der Waals surface area (Å²) in [6.45, 7) is 0.301. The Kier molecular flexibility index (Phi) is 1.06. The van der Waals surface area contributed by atoms with Crippen molar-refractivity contribution >= 4 is 0 Å². The third kappa shape index (κ3) is 0.612. The van der Waals surface area contributed by atoms with Gasteiger partial charge in [-0.1, -0.05) is 0 Å². The van der Waals surface area contributed by atoms with Crippen molar-refractivity contribution in [1.29, 1.82) is 0 Å². The van der Waals surface area contributed by atoms with Crippen LogP contribution in [-0.2, 0) is 0 Å². The van der Waals surface area contributed by atoms with E-state index in [2.05, 4.69) is 0 Å². The number of aliphatic hydroxyl groups is 2. The van der Waals surface area contributed by atoms with E-state index in [1.54, 1.807) is 0 Å². The molecule has 3 aliphatic carbocycles.